The van der Waals surface area contributed by atoms with E-state index in [9.17, 15) is 9.59 Å². The Morgan fingerprint density at radius 1 is 1.28 bits per heavy atom. The second kappa shape index (κ2) is 4.82. The maximum Gasteiger partial charge on any atom is 0.519 e. The average molecular weight is 254 g/mol. The van der Waals surface area contributed by atoms with Crippen LogP contribution < -0.4 is 10.6 Å². The molecule has 0 aliphatic rings. The summed E-state index contributed by atoms with van der Waals surface area (Å²) >= 11 is 0. The number of hydrogen-bond acceptors (Lipinski definition) is 7. The van der Waals surface area contributed by atoms with Crippen LogP contribution in [0.1, 0.15) is 22.1 Å². The average Bonchev–Trinajstić information content (AvgIpc) is 2.93. The van der Waals surface area contributed by atoms with Crippen LogP contribution in [0.4, 0.5) is 0 Å². The van der Waals surface area contributed by atoms with Gasteiger partial charge in [0.05, 0.1) is 7.11 Å². The Hall–Kier alpha value is -2.44. The summed E-state index contributed by atoms with van der Waals surface area (Å²) in [5, 5.41) is 0. The first kappa shape index (κ1) is 12.0. The summed E-state index contributed by atoms with van der Waals surface area (Å²) in [6.45, 7) is 1.32. The lowest BCUT2D eigenvalue weighted by atomic mass is 10.4. The molecule has 18 heavy (non-hydrogen) atoms. The Balaban J connectivity index is 2.00. The molecule has 0 N–H and O–H groups in total. The molecule has 0 aliphatic carbocycles. The summed E-state index contributed by atoms with van der Waals surface area (Å²) < 4.78 is 24.0. The molecule has 0 atom stereocenters. The van der Waals surface area contributed by atoms with Crippen LogP contribution in [0.15, 0.2) is 30.2 Å². The molecule has 2 aromatic rings. The molecule has 0 spiro atoms. The molecule has 0 fully saturated rings. The van der Waals surface area contributed by atoms with Crippen molar-refractivity contribution in [1.29, 1.82) is 0 Å². The molecule has 0 radical (unpaired) electrons. The highest BCUT2D eigenvalue weighted by Gasteiger charge is 2.16. The van der Waals surface area contributed by atoms with Crippen LogP contribution in [0, 0.1) is 6.92 Å². The van der Waals surface area contributed by atoms with Gasteiger partial charge in [0, 0.05) is 6.07 Å². The lowest BCUT2D eigenvalue weighted by Gasteiger charge is -1.99. The summed E-state index contributed by atoms with van der Waals surface area (Å²) in [4.78, 5) is 22.3. The van der Waals surface area contributed by atoms with Crippen molar-refractivity contribution in [2.45, 2.75) is 13.5 Å². The van der Waals surface area contributed by atoms with Crippen molar-refractivity contribution in [2.75, 3.05) is 7.11 Å². The quantitative estimate of drug-likeness (QED) is 0.763. The molecule has 7 nitrogen and oxygen atoms in total. The maximum absolute atomic E-state index is 11.5. The van der Waals surface area contributed by atoms with E-state index in [0.717, 1.165) is 0 Å². The van der Waals surface area contributed by atoms with Crippen molar-refractivity contribution in [2.24, 2.45) is 0 Å². The van der Waals surface area contributed by atoms with Gasteiger partial charge >= 0.3 is 11.8 Å². The van der Waals surface area contributed by atoms with E-state index in [1.165, 1.54) is 26.2 Å². The highest BCUT2D eigenvalue weighted by Crippen LogP contribution is 2.16. The Kier molecular flexibility index (Phi) is 3.22. The number of rotatable bonds is 4. The zero-order valence-electron chi connectivity index (χ0n) is 9.72. The highest BCUT2D eigenvalue weighted by molar-refractivity contribution is 5.86. The smallest absolute Gasteiger partial charge is 0.468 e. The SMILES string of the molecule is COc1ccc(C(=O)OCc2oc(=O)oc2C)o1. The first-order valence-corrected chi connectivity index (χ1v) is 5.00. The van der Waals surface area contributed by atoms with Gasteiger partial charge in [-0.1, -0.05) is 0 Å². The minimum atomic E-state index is -0.835. The van der Waals surface area contributed by atoms with E-state index < -0.39 is 11.8 Å². The van der Waals surface area contributed by atoms with Crippen molar-refractivity contribution >= 4 is 5.97 Å². The van der Waals surface area contributed by atoms with Crippen LogP contribution in [-0.4, -0.2) is 13.1 Å². The number of furan rings is 1. The van der Waals surface area contributed by atoms with Crippen molar-refractivity contribution in [1.82, 2.24) is 0 Å². The number of carbonyl (C=O) groups is 1. The van der Waals surface area contributed by atoms with Crippen LogP contribution in [-0.2, 0) is 11.3 Å². The number of methoxy groups -OCH3 is 1. The minimum Gasteiger partial charge on any atom is -0.468 e. The number of hydrogen-bond donors (Lipinski definition) is 0. The van der Waals surface area contributed by atoms with E-state index in [2.05, 4.69) is 8.83 Å². The van der Waals surface area contributed by atoms with Crippen LogP contribution >= 0.6 is 0 Å². The molecular formula is C11H10O7. The fourth-order valence-corrected chi connectivity index (χ4v) is 1.25. The number of carbonyl (C=O) groups excluding carboxylic acids is 1. The van der Waals surface area contributed by atoms with Crippen molar-refractivity contribution in [3.63, 3.8) is 0 Å². The standard InChI is InChI=1S/C11H10O7/c1-6-8(18-11(13)16-6)5-15-10(12)7-3-4-9(14-2)17-7/h3-4H,5H2,1-2H3. The van der Waals surface area contributed by atoms with E-state index in [1.807, 2.05) is 0 Å². The molecular weight excluding hydrogens is 244 g/mol. The zero-order valence-corrected chi connectivity index (χ0v) is 9.72. The van der Waals surface area contributed by atoms with Crippen molar-refractivity contribution in [3.8, 4) is 5.95 Å². The third-order valence-corrected chi connectivity index (χ3v) is 2.15. The van der Waals surface area contributed by atoms with E-state index in [-0.39, 0.29) is 29.8 Å². The first-order chi connectivity index (χ1) is 8.60. The molecule has 0 bridgehead atoms. The molecule has 2 aromatic heterocycles. The molecule has 0 aromatic carbocycles. The monoisotopic (exact) mass is 254 g/mol. The fourth-order valence-electron chi connectivity index (χ4n) is 1.25. The van der Waals surface area contributed by atoms with Gasteiger partial charge in [-0.25, -0.2) is 9.59 Å². The topological polar surface area (TPSA) is 92.0 Å². The number of esters is 1. The second-order valence-electron chi connectivity index (χ2n) is 3.33. The molecule has 2 heterocycles. The van der Waals surface area contributed by atoms with Gasteiger partial charge in [0.25, 0.3) is 5.95 Å². The summed E-state index contributed by atoms with van der Waals surface area (Å²) in [6.07, 6.45) is 0. The van der Waals surface area contributed by atoms with Gasteiger partial charge in [-0.05, 0) is 13.0 Å². The summed E-state index contributed by atoms with van der Waals surface area (Å²) in [7, 11) is 1.41. The Bertz CT molecular complexity index is 601. The van der Waals surface area contributed by atoms with E-state index >= 15 is 0 Å². The van der Waals surface area contributed by atoms with Gasteiger partial charge in [-0.2, -0.15) is 0 Å². The second-order valence-corrected chi connectivity index (χ2v) is 3.33. The van der Waals surface area contributed by atoms with Gasteiger partial charge in [-0.15, -0.1) is 0 Å². The van der Waals surface area contributed by atoms with Crippen molar-refractivity contribution < 1.29 is 27.5 Å². The number of ether oxygens (including phenoxy) is 2. The lowest BCUT2D eigenvalue weighted by molar-refractivity contribution is 0.0401. The van der Waals surface area contributed by atoms with Gasteiger partial charge in [0.1, 0.15) is 0 Å². The lowest BCUT2D eigenvalue weighted by Crippen LogP contribution is -2.04. The van der Waals surface area contributed by atoms with E-state index in [1.54, 1.807) is 0 Å². The van der Waals surface area contributed by atoms with E-state index in [4.69, 9.17) is 13.9 Å². The zero-order chi connectivity index (χ0) is 13.1. The molecule has 0 saturated heterocycles. The predicted octanol–water partition coefficient (Wildman–Crippen LogP) is 1.50. The van der Waals surface area contributed by atoms with E-state index in [0.29, 0.717) is 0 Å². The van der Waals surface area contributed by atoms with Crippen LogP contribution in [0.25, 0.3) is 0 Å². The molecule has 0 aliphatic heterocycles. The van der Waals surface area contributed by atoms with Gasteiger partial charge in [-0.3, -0.25) is 0 Å². The van der Waals surface area contributed by atoms with Crippen LogP contribution in [0.3, 0.4) is 0 Å². The Morgan fingerprint density at radius 3 is 2.61 bits per heavy atom. The van der Waals surface area contributed by atoms with Gasteiger partial charge in [0.2, 0.25) is 5.76 Å². The van der Waals surface area contributed by atoms with Crippen LogP contribution in [0.2, 0.25) is 0 Å². The maximum atomic E-state index is 11.5. The van der Waals surface area contributed by atoms with Crippen LogP contribution in [0.5, 0.6) is 5.95 Å². The van der Waals surface area contributed by atoms with Gasteiger partial charge in [0.15, 0.2) is 18.1 Å². The first-order valence-electron chi connectivity index (χ1n) is 5.00. The molecule has 0 unspecified atom stereocenters. The molecule has 0 amide bonds. The number of aryl methyl sites for hydroxylation is 1. The summed E-state index contributed by atoms with van der Waals surface area (Å²) in [5.74, 6) is -0.903. The normalized spacial score (nSPS) is 10.3. The highest BCUT2D eigenvalue weighted by atomic mass is 16.6. The predicted molar refractivity (Wildman–Crippen MR) is 56.4 cm³/mol. The third-order valence-electron chi connectivity index (χ3n) is 2.15. The summed E-state index contributed by atoms with van der Waals surface area (Å²) in [5.41, 5.74) is 0. The Morgan fingerprint density at radius 2 is 2.06 bits per heavy atom. The summed E-state index contributed by atoms with van der Waals surface area (Å²) in [6, 6.07) is 2.90. The van der Waals surface area contributed by atoms with Gasteiger partial charge < -0.3 is 22.7 Å². The molecule has 96 valence electrons. The van der Waals surface area contributed by atoms with Crippen molar-refractivity contribution in [3.05, 3.63) is 40.0 Å². The minimum absolute atomic E-state index is 0.00431. The largest absolute Gasteiger partial charge is 0.519 e. The molecule has 2 rings (SSSR count). The third kappa shape index (κ3) is 2.45. The molecule has 0 saturated carbocycles. The molecule has 7 heteroatoms. The fraction of sp³-hybridized carbons (Fsp3) is 0.273. The Labute approximate surface area is 101 Å².